The standard InChI is InChI=1S/C53H74N3O31P3/c1-11-22-71-51-42(54-28(2)57)48(80-34(8)63)45(77-31(5)60)39(83-51)25-72-88(66,67)86-52-43(55-29(3)58)49(81-35(9)64)46(78-32(6)61)40(84-52)26-73-89(68,69)87-53-44(56-30(4)59)50(82-36(10)65)47(79-33(7)62)41(85-53)27-76-90(70,74-23-37-18-14-12-15-19-37)75-24-38-20-16-13-17-21-38/h12-21,39-53H,11,22-27H2,1-10H3,(H,54,57)(H,55,58)(H,56,59)(H,66,67)(H,68,69)/t39?,40?,41?,42?,43?,44?,45-,46-,47-,48-,49-,50-,51+,52-,53-/m1/s1. The number of nitrogens with one attached hydrogen (secondary N) is 3. The molecule has 3 fully saturated rings. The smallest absolute Gasteiger partial charge is 0.456 e. The highest BCUT2D eigenvalue weighted by Crippen LogP contribution is 2.53. The molecule has 3 aliphatic heterocycles. The Morgan fingerprint density at radius 2 is 0.711 bits per heavy atom. The lowest BCUT2D eigenvalue weighted by atomic mass is 9.96. The Balaban J connectivity index is 1.48. The lowest BCUT2D eigenvalue weighted by Crippen LogP contribution is -2.66. The largest absolute Gasteiger partial charge is 0.475 e. The van der Waals surface area contributed by atoms with Crippen LogP contribution in [0.4, 0.5) is 0 Å². The highest BCUT2D eigenvalue weighted by molar-refractivity contribution is 7.48. The molecule has 37 heteroatoms. The van der Waals surface area contributed by atoms with Gasteiger partial charge in [-0.05, 0) is 17.5 Å². The zero-order valence-corrected chi connectivity index (χ0v) is 53.1. The van der Waals surface area contributed by atoms with Crippen LogP contribution in [0.5, 0.6) is 0 Å². The number of ether oxygens (including phenoxy) is 10. The molecular formula is C53H74N3O31P3. The van der Waals surface area contributed by atoms with Crippen molar-refractivity contribution >= 4 is 77.0 Å². The zero-order chi connectivity index (χ0) is 66.7. The van der Waals surface area contributed by atoms with E-state index in [9.17, 15) is 66.6 Å². The van der Waals surface area contributed by atoms with Crippen LogP contribution >= 0.6 is 23.5 Å². The lowest BCUT2D eigenvalue weighted by Gasteiger charge is -2.46. The molecule has 3 saturated heterocycles. The Morgan fingerprint density at radius 3 is 1.01 bits per heavy atom. The SMILES string of the molecule is CCCO[C@H]1OC(COP(=O)(O)O[C@H]2OC(COP(=O)(O)O[C@H]3OC(COP(=O)(OCc4ccccc4)OCc4ccccc4)[C@@H](OC(C)=O)[C@H](OC(C)=O)C3NC(C)=O)[C@@H](OC(C)=O)[C@H](OC(C)=O)C2NC(C)=O)[C@@H](OC(C)=O)[C@H](OC(C)=O)C1NC(C)=O. The summed E-state index contributed by atoms with van der Waals surface area (Å²) >= 11 is 0. The van der Waals surface area contributed by atoms with Crippen molar-refractivity contribution in [2.45, 2.75) is 181 Å². The van der Waals surface area contributed by atoms with Crippen molar-refractivity contribution < 1.29 is 146 Å². The van der Waals surface area contributed by atoms with Gasteiger partial charge in [-0.2, -0.15) is 0 Å². The first-order chi connectivity index (χ1) is 42.3. The van der Waals surface area contributed by atoms with Gasteiger partial charge >= 0.3 is 59.3 Å². The topological polar surface area (TPSA) is 438 Å². The number of hydrogen-bond donors (Lipinski definition) is 5. The van der Waals surface area contributed by atoms with Crippen molar-refractivity contribution in [3.05, 3.63) is 71.8 Å². The first kappa shape index (κ1) is 74.6. The van der Waals surface area contributed by atoms with Crippen molar-refractivity contribution in [3.63, 3.8) is 0 Å². The fraction of sp³-hybridized carbons (Fsp3) is 0.604. The summed E-state index contributed by atoms with van der Waals surface area (Å²) < 4.78 is 138. The minimum Gasteiger partial charge on any atom is -0.456 e. The second-order valence-corrected chi connectivity index (χ2v) is 24.6. The quantitative estimate of drug-likeness (QED) is 0.0411. The number of carbonyl (C=O) groups is 9. The summed E-state index contributed by atoms with van der Waals surface area (Å²) in [5.41, 5.74) is 1.05. The van der Waals surface area contributed by atoms with Crippen molar-refractivity contribution in [2.75, 3.05) is 26.4 Å². The van der Waals surface area contributed by atoms with Crippen molar-refractivity contribution in [2.24, 2.45) is 0 Å². The van der Waals surface area contributed by atoms with Gasteiger partial charge in [0.2, 0.25) is 17.7 Å². The number of esters is 6. The second-order valence-electron chi connectivity index (χ2n) is 20.1. The maximum Gasteiger partial charge on any atom is 0.475 e. The Kier molecular flexibility index (Phi) is 28.6. The van der Waals surface area contributed by atoms with Crippen LogP contribution in [0.25, 0.3) is 0 Å². The van der Waals surface area contributed by atoms with Crippen LogP contribution in [-0.2, 0) is 149 Å². The number of rotatable bonds is 31. The van der Waals surface area contributed by atoms with E-state index in [4.69, 9.17) is 79.0 Å². The molecule has 2 aromatic carbocycles. The summed E-state index contributed by atoms with van der Waals surface area (Å²) in [7, 11) is -16.3. The molecule has 502 valence electrons. The minimum atomic E-state index is -5.82. The number of phosphoric acid groups is 3. The Morgan fingerprint density at radius 1 is 0.422 bits per heavy atom. The van der Waals surface area contributed by atoms with Crippen LogP contribution in [0.15, 0.2) is 60.7 Å². The summed E-state index contributed by atoms with van der Waals surface area (Å²) in [5, 5.41) is 7.19. The van der Waals surface area contributed by atoms with E-state index >= 15 is 0 Å². The van der Waals surface area contributed by atoms with Gasteiger partial charge in [0.05, 0.1) is 33.0 Å². The van der Waals surface area contributed by atoms with Gasteiger partial charge in [-0.15, -0.1) is 0 Å². The molecule has 8 unspecified atom stereocenters. The molecule has 0 bridgehead atoms. The summed E-state index contributed by atoms with van der Waals surface area (Å²) in [5.74, 6) is -8.76. The number of carbonyl (C=O) groups excluding carboxylic acids is 9. The monoisotopic (exact) mass is 1340 g/mol. The molecule has 17 atom stereocenters. The summed E-state index contributed by atoms with van der Waals surface area (Å²) in [6, 6.07) is 11.6. The van der Waals surface area contributed by atoms with Crippen LogP contribution in [0.3, 0.4) is 0 Å². The van der Waals surface area contributed by atoms with E-state index in [0.29, 0.717) is 17.5 Å². The Bertz CT molecular complexity index is 2900. The van der Waals surface area contributed by atoms with Gasteiger partial charge in [-0.25, -0.2) is 13.7 Å². The lowest BCUT2D eigenvalue weighted by molar-refractivity contribution is -0.277. The second kappa shape index (κ2) is 34.5. The van der Waals surface area contributed by atoms with E-state index in [-0.39, 0.29) is 19.8 Å². The van der Waals surface area contributed by atoms with E-state index in [1.54, 1.807) is 67.6 Å². The Hall–Kier alpha value is -6.16. The molecule has 5 N–H and O–H groups in total. The average Bonchev–Trinajstić information content (AvgIpc) is 0.802. The number of amides is 3. The third-order valence-corrected chi connectivity index (χ3v) is 15.7. The first-order valence-electron chi connectivity index (χ1n) is 27.6. The highest BCUT2D eigenvalue weighted by Gasteiger charge is 2.57. The summed E-state index contributed by atoms with van der Waals surface area (Å²) in [6.45, 7) is 6.34. The van der Waals surface area contributed by atoms with Crippen LogP contribution in [-0.4, -0.2) is 182 Å². The molecular weight excluding hydrogens is 1270 g/mol. The van der Waals surface area contributed by atoms with Crippen molar-refractivity contribution in [1.29, 1.82) is 0 Å². The Labute approximate surface area is 516 Å². The predicted molar refractivity (Wildman–Crippen MR) is 298 cm³/mol. The maximum absolute atomic E-state index is 14.5. The third kappa shape index (κ3) is 23.8. The molecule has 3 heterocycles. The fourth-order valence-electron chi connectivity index (χ4n) is 9.22. The van der Waals surface area contributed by atoms with Crippen LogP contribution in [0.2, 0.25) is 0 Å². The molecule has 90 heavy (non-hydrogen) atoms. The van der Waals surface area contributed by atoms with Gasteiger partial charge in [0.15, 0.2) is 55.5 Å². The molecule has 0 saturated carbocycles. The number of benzene rings is 2. The molecule has 0 aromatic heterocycles. The van der Waals surface area contributed by atoms with Crippen molar-refractivity contribution in [1.82, 2.24) is 16.0 Å². The predicted octanol–water partition coefficient (Wildman–Crippen LogP) is 2.52. The number of hydrogen-bond acceptors (Lipinski definition) is 29. The maximum atomic E-state index is 14.5. The normalized spacial score (nSPS) is 28.0. The summed E-state index contributed by atoms with van der Waals surface area (Å²) in [4.78, 5) is 137. The highest BCUT2D eigenvalue weighted by atomic mass is 31.2. The van der Waals surface area contributed by atoms with Crippen LogP contribution in [0.1, 0.15) is 86.8 Å². The molecule has 0 spiro atoms. The molecule has 0 radical (unpaired) electrons. The van der Waals surface area contributed by atoms with E-state index in [1.807, 2.05) is 0 Å². The van der Waals surface area contributed by atoms with E-state index in [1.165, 1.54) is 0 Å². The number of phosphoric ester groups is 3. The van der Waals surface area contributed by atoms with Gasteiger partial charge in [-0.3, -0.25) is 74.8 Å². The van der Waals surface area contributed by atoms with Crippen LogP contribution in [0, 0.1) is 0 Å². The van der Waals surface area contributed by atoms with Crippen molar-refractivity contribution in [3.8, 4) is 0 Å². The molecule has 3 amide bonds. The molecule has 2 aromatic rings. The fourth-order valence-corrected chi connectivity index (χ4v) is 12.1. The van der Waals surface area contributed by atoms with Gasteiger partial charge in [0, 0.05) is 68.9 Å². The zero-order valence-electron chi connectivity index (χ0n) is 50.5. The molecule has 34 nitrogen and oxygen atoms in total. The van der Waals surface area contributed by atoms with Gasteiger partial charge in [0.25, 0.3) is 0 Å². The minimum absolute atomic E-state index is 0.00860. The van der Waals surface area contributed by atoms with E-state index in [2.05, 4.69) is 16.0 Å². The van der Waals surface area contributed by atoms with Gasteiger partial charge < -0.3 is 73.1 Å². The third-order valence-electron chi connectivity index (χ3n) is 12.5. The molecule has 0 aliphatic carbocycles. The van der Waals surface area contributed by atoms with Gasteiger partial charge in [0.1, 0.15) is 36.4 Å². The van der Waals surface area contributed by atoms with E-state index in [0.717, 1.165) is 62.3 Å². The summed E-state index contributed by atoms with van der Waals surface area (Å²) in [6.07, 6.45) is -22.3. The molecule has 3 aliphatic rings. The average molecular weight is 1340 g/mol. The van der Waals surface area contributed by atoms with Gasteiger partial charge in [-0.1, -0.05) is 67.6 Å². The van der Waals surface area contributed by atoms with E-state index < -0.39 is 189 Å². The first-order valence-corrected chi connectivity index (χ1v) is 32.1. The van der Waals surface area contributed by atoms with Crippen LogP contribution < -0.4 is 16.0 Å². The molecule has 5 rings (SSSR count).